The van der Waals surface area contributed by atoms with Crippen LogP contribution < -0.4 is 10.1 Å². The molecular formula is C23H19N3O9S. The number of carboxylic acid groups (broad SMARTS) is 1. The molecule has 4 rings (SSSR count). The Balaban J connectivity index is 1.36. The summed E-state index contributed by atoms with van der Waals surface area (Å²) in [6.45, 7) is -0.442. The summed E-state index contributed by atoms with van der Waals surface area (Å²) in [7, 11) is 0. The molecule has 2 heterocycles. The van der Waals surface area contributed by atoms with Crippen molar-refractivity contribution in [1.82, 2.24) is 10.2 Å². The van der Waals surface area contributed by atoms with Crippen LogP contribution in [0.25, 0.3) is 0 Å². The van der Waals surface area contributed by atoms with Crippen molar-refractivity contribution in [3.05, 3.63) is 81.5 Å². The number of carboxylic acids is 1. The molecule has 0 aromatic heterocycles. The van der Waals surface area contributed by atoms with Crippen molar-refractivity contribution in [2.75, 3.05) is 12.4 Å². The molecule has 2 aromatic carbocycles. The Morgan fingerprint density at radius 2 is 1.83 bits per heavy atom. The summed E-state index contributed by atoms with van der Waals surface area (Å²) in [4.78, 5) is 60.2. The summed E-state index contributed by atoms with van der Waals surface area (Å²) in [5, 5.41) is 22.5. The van der Waals surface area contributed by atoms with Gasteiger partial charge in [-0.05, 0) is 17.7 Å². The number of benzene rings is 2. The topological polar surface area (TPSA) is 165 Å². The molecule has 13 heteroatoms. The molecule has 36 heavy (non-hydrogen) atoms. The van der Waals surface area contributed by atoms with E-state index in [9.17, 15) is 34.4 Å². The van der Waals surface area contributed by atoms with Crippen LogP contribution in [-0.2, 0) is 25.5 Å². The molecule has 2 aromatic rings. The van der Waals surface area contributed by atoms with Crippen LogP contribution in [-0.4, -0.2) is 62.6 Å². The number of amides is 2. The number of carbonyl (C=O) groups excluding carboxylic acids is 3. The summed E-state index contributed by atoms with van der Waals surface area (Å²) in [6, 6.07) is 12.9. The van der Waals surface area contributed by atoms with E-state index in [0.29, 0.717) is 0 Å². The SMILES string of the molecule is O=C(Cc1ccccc1)NC1C(=O)N2C(C(=O)O)=C(COC(=O)Oc3ccc([N+](=O)[O-])cc3)CS[C@@H]12. The number of non-ortho nitro benzene ring substituents is 1. The molecule has 0 spiro atoms. The minimum absolute atomic E-state index is 0.00290. The molecule has 1 unspecified atom stereocenters. The van der Waals surface area contributed by atoms with Crippen LogP contribution in [0.2, 0.25) is 0 Å². The maximum absolute atomic E-state index is 12.7. The quantitative estimate of drug-likeness (QED) is 0.175. The van der Waals surface area contributed by atoms with E-state index in [1.165, 1.54) is 23.9 Å². The highest BCUT2D eigenvalue weighted by Gasteiger charge is 2.54. The van der Waals surface area contributed by atoms with Crippen molar-refractivity contribution in [3.63, 3.8) is 0 Å². The van der Waals surface area contributed by atoms with Crippen molar-refractivity contribution in [3.8, 4) is 5.75 Å². The normalized spacial score (nSPS) is 18.6. The number of nitro benzene ring substituents is 1. The highest BCUT2D eigenvalue weighted by Crippen LogP contribution is 2.40. The summed E-state index contributed by atoms with van der Waals surface area (Å²) in [5.74, 6) is -2.15. The lowest BCUT2D eigenvalue weighted by Crippen LogP contribution is -2.70. The van der Waals surface area contributed by atoms with E-state index in [1.54, 1.807) is 24.3 Å². The average molecular weight is 513 g/mol. The Kier molecular flexibility index (Phi) is 7.20. The largest absolute Gasteiger partial charge is 0.514 e. The first-order valence-corrected chi connectivity index (χ1v) is 11.6. The number of fused-ring (bicyclic) bond motifs is 1. The minimum atomic E-state index is -1.37. The fraction of sp³-hybridized carbons (Fsp3) is 0.217. The Bertz CT molecular complexity index is 1250. The van der Waals surface area contributed by atoms with Crippen LogP contribution in [0.1, 0.15) is 5.56 Å². The molecule has 0 bridgehead atoms. The monoisotopic (exact) mass is 513 g/mol. The number of ether oxygens (including phenoxy) is 2. The predicted octanol–water partition coefficient (Wildman–Crippen LogP) is 2.09. The van der Waals surface area contributed by atoms with Gasteiger partial charge in [0.25, 0.3) is 11.6 Å². The summed E-state index contributed by atoms with van der Waals surface area (Å²) in [5.41, 5.74) is 0.475. The second-order valence-electron chi connectivity index (χ2n) is 7.77. The van der Waals surface area contributed by atoms with E-state index in [1.807, 2.05) is 6.07 Å². The van der Waals surface area contributed by atoms with Gasteiger partial charge in [0.2, 0.25) is 5.91 Å². The molecule has 2 amide bonds. The van der Waals surface area contributed by atoms with Crippen LogP contribution in [0, 0.1) is 10.1 Å². The van der Waals surface area contributed by atoms with Gasteiger partial charge in [-0.3, -0.25) is 24.6 Å². The fourth-order valence-electron chi connectivity index (χ4n) is 3.71. The van der Waals surface area contributed by atoms with Crippen LogP contribution in [0.3, 0.4) is 0 Å². The molecule has 0 aliphatic carbocycles. The first-order chi connectivity index (χ1) is 17.2. The second kappa shape index (κ2) is 10.5. The lowest BCUT2D eigenvalue weighted by atomic mass is 10.0. The van der Waals surface area contributed by atoms with E-state index in [2.05, 4.69) is 5.32 Å². The zero-order valence-corrected chi connectivity index (χ0v) is 19.3. The molecule has 1 fully saturated rings. The third-order valence-electron chi connectivity index (χ3n) is 5.39. The fourth-order valence-corrected chi connectivity index (χ4v) is 5.03. The number of nitrogens with one attached hydrogen (secondary N) is 1. The van der Waals surface area contributed by atoms with Crippen LogP contribution in [0.5, 0.6) is 5.75 Å². The van der Waals surface area contributed by atoms with Crippen molar-refractivity contribution in [1.29, 1.82) is 0 Å². The lowest BCUT2D eigenvalue weighted by molar-refractivity contribution is -0.384. The van der Waals surface area contributed by atoms with Crippen LogP contribution >= 0.6 is 11.8 Å². The molecule has 2 aliphatic heterocycles. The van der Waals surface area contributed by atoms with E-state index in [4.69, 9.17) is 9.47 Å². The number of rotatable bonds is 8. The van der Waals surface area contributed by atoms with Gasteiger partial charge in [-0.25, -0.2) is 9.59 Å². The van der Waals surface area contributed by atoms with Crippen molar-refractivity contribution >= 4 is 41.4 Å². The van der Waals surface area contributed by atoms with E-state index >= 15 is 0 Å². The molecule has 2 aliphatic rings. The minimum Gasteiger partial charge on any atom is -0.477 e. The van der Waals surface area contributed by atoms with Gasteiger partial charge < -0.3 is 19.9 Å². The third kappa shape index (κ3) is 5.30. The summed E-state index contributed by atoms with van der Waals surface area (Å²) in [6.07, 6.45) is -1.06. The van der Waals surface area contributed by atoms with Gasteiger partial charge in [-0.15, -0.1) is 11.8 Å². The van der Waals surface area contributed by atoms with Gasteiger partial charge in [0.15, 0.2) is 0 Å². The van der Waals surface area contributed by atoms with Crippen molar-refractivity contribution in [2.45, 2.75) is 17.8 Å². The highest BCUT2D eigenvalue weighted by molar-refractivity contribution is 8.00. The van der Waals surface area contributed by atoms with Crippen molar-refractivity contribution < 1.29 is 38.7 Å². The number of nitrogens with zero attached hydrogens (tertiary/aromatic N) is 2. The van der Waals surface area contributed by atoms with Gasteiger partial charge in [0, 0.05) is 23.5 Å². The molecule has 0 saturated carbocycles. The van der Waals surface area contributed by atoms with E-state index < -0.39 is 41.0 Å². The van der Waals surface area contributed by atoms with E-state index in [-0.39, 0.29) is 40.8 Å². The number of hydrogen-bond donors (Lipinski definition) is 2. The number of carbonyl (C=O) groups is 4. The molecule has 1 saturated heterocycles. The molecule has 2 atom stereocenters. The van der Waals surface area contributed by atoms with Gasteiger partial charge in [0.05, 0.1) is 11.3 Å². The lowest BCUT2D eigenvalue weighted by Gasteiger charge is -2.49. The Hall–Kier alpha value is -4.39. The molecular weight excluding hydrogens is 494 g/mol. The number of β-lactam (4-membered cyclic amide) rings is 1. The van der Waals surface area contributed by atoms with Crippen LogP contribution in [0.15, 0.2) is 65.9 Å². The molecule has 0 radical (unpaired) electrons. The first kappa shape index (κ1) is 24.7. The maximum atomic E-state index is 12.7. The maximum Gasteiger partial charge on any atom is 0.514 e. The standard InChI is InChI=1S/C23H19N3O9S/c27-17(10-13-4-2-1-3-5-13)24-18-20(28)25-19(22(29)30)14(12-36-21(18)25)11-34-23(31)35-16-8-6-15(7-9-16)26(32)33/h1-9,18,21H,10-12H2,(H,24,27)(H,29,30)/t18?,21-/m0/s1. The Morgan fingerprint density at radius 1 is 1.14 bits per heavy atom. The van der Waals surface area contributed by atoms with Gasteiger partial charge in [0.1, 0.15) is 29.5 Å². The zero-order valence-electron chi connectivity index (χ0n) is 18.5. The van der Waals surface area contributed by atoms with Crippen LogP contribution in [0.4, 0.5) is 10.5 Å². The highest BCUT2D eigenvalue weighted by atomic mass is 32.2. The predicted molar refractivity (Wildman–Crippen MR) is 125 cm³/mol. The summed E-state index contributed by atoms with van der Waals surface area (Å²) < 4.78 is 9.95. The summed E-state index contributed by atoms with van der Waals surface area (Å²) >= 11 is 1.24. The Morgan fingerprint density at radius 3 is 2.47 bits per heavy atom. The van der Waals surface area contributed by atoms with Gasteiger partial charge in [-0.2, -0.15) is 0 Å². The van der Waals surface area contributed by atoms with Gasteiger partial charge in [-0.1, -0.05) is 30.3 Å². The average Bonchev–Trinajstić information content (AvgIpc) is 2.86. The molecule has 2 N–H and O–H groups in total. The third-order valence-corrected chi connectivity index (χ3v) is 6.73. The Labute approximate surface area is 208 Å². The number of hydrogen-bond acceptors (Lipinski definition) is 9. The zero-order chi connectivity index (χ0) is 25.8. The number of nitro groups is 1. The van der Waals surface area contributed by atoms with E-state index in [0.717, 1.165) is 22.6 Å². The number of thioether (sulfide) groups is 1. The number of aliphatic carboxylic acids is 1. The second-order valence-corrected chi connectivity index (χ2v) is 8.87. The first-order valence-electron chi connectivity index (χ1n) is 10.6. The van der Waals surface area contributed by atoms with Crippen molar-refractivity contribution in [2.24, 2.45) is 0 Å². The smallest absolute Gasteiger partial charge is 0.477 e. The van der Waals surface area contributed by atoms with Gasteiger partial charge >= 0.3 is 12.1 Å². The molecule has 186 valence electrons. The molecule has 12 nitrogen and oxygen atoms in total.